The van der Waals surface area contributed by atoms with E-state index >= 15 is 0 Å². The van der Waals surface area contributed by atoms with Crippen LogP contribution in [0.4, 0.5) is 0 Å². The molecule has 0 bridgehead atoms. The maximum absolute atomic E-state index is 2.33. The van der Waals surface area contributed by atoms with Crippen molar-refractivity contribution in [1.82, 2.24) is 0 Å². The van der Waals surface area contributed by atoms with Gasteiger partial charge in [-0.25, -0.2) is 0 Å². The van der Waals surface area contributed by atoms with Crippen LogP contribution in [0.15, 0.2) is 48.6 Å². The van der Waals surface area contributed by atoms with Gasteiger partial charge in [0.1, 0.15) is 0 Å². The third-order valence-electron chi connectivity index (χ3n) is 2.00. The van der Waals surface area contributed by atoms with Crippen molar-refractivity contribution in [2.75, 3.05) is 0 Å². The van der Waals surface area contributed by atoms with Crippen molar-refractivity contribution in [3.63, 3.8) is 0 Å². The van der Waals surface area contributed by atoms with Crippen LogP contribution in [-0.2, 0) is 18.6 Å². The van der Waals surface area contributed by atoms with Gasteiger partial charge in [0.25, 0.3) is 0 Å². The summed E-state index contributed by atoms with van der Waals surface area (Å²) in [5, 5.41) is 0. The van der Waals surface area contributed by atoms with Gasteiger partial charge < -0.3 is 6.42 Å². The number of hydrogen-bond acceptors (Lipinski definition) is 0. The van der Waals surface area contributed by atoms with Crippen LogP contribution in [0.5, 0.6) is 0 Å². The van der Waals surface area contributed by atoms with E-state index in [1.807, 2.05) is 0 Å². The van der Waals surface area contributed by atoms with Crippen LogP contribution < -0.4 is 0 Å². The summed E-state index contributed by atoms with van der Waals surface area (Å²) in [5.41, 5.74) is 0. The van der Waals surface area contributed by atoms with E-state index in [0.717, 1.165) is 0 Å². The van der Waals surface area contributed by atoms with Crippen LogP contribution in [0, 0.1) is 18.3 Å². The van der Waals surface area contributed by atoms with Gasteiger partial charge in [-0.3, -0.25) is 0 Å². The molecule has 0 nitrogen and oxygen atoms in total. The van der Waals surface area contributed by atoms with Gasteiger partial charge in [-0.05, 0) is 0 Å². The Hall–Kier alpha value is -0.456. The van der Waals surface area contributed by atoms with E-state index < -0.39 is 0 Å². The normalized spacial score (nSPS) is 20.7. The largest absolute Gasteiger partial charge is 0.308 e. The van der Waals surface area contributed by atoms with Gasteiger partial charge in [0.2, 0.25) is 0 Å². The molecule has 0 saturated heterocycles. The van der Waals surface area contributed by atoms with Gasteiger partial charge in [0, 0.05) is 18.6 Å². The Balaban J connectivity index is 0.000000720. The average Bonchev–Trinajstić information content (AvgIpc) is 2.60. The van der Waals surface area contributed by atoms with Gasteiger partial charge in [-0.1, -0.05) is 24.3 Å². The van der Waals surface area contributed by atoms with Crippen molar-refractivity contribution in [1.29, 1.82) is 0 Å². The summed E-state index contributed by atoms with van der Waals surface area (Å²) >= 11 is 0. The van der Waals surface area contributed by atoms with E-state index in [1.54, 1.807) is 0 Å². The predicted molar refractivity (Wildman–Crippen MR) is 47.8 cm³/mol. The molecule has 0 fully saturated rings. The molecule has 0 N–H and O–H groups in total. The molecule has 12 heavy (non-hydrogen) atoms. The smallest absolute Gasteiger partial charge is 0 e. The molecule has 0 heterocycles. The van der Waals surface area contributed by atoms with Crippen molar-refractivity contribution in [2.24, 2.45) is 11.8 Å². The molecule has 61 valence electrons. The van der Waals surface area contributed by atoms with E-state index in [1.165, 1.54) is 0 Å². The van der Waals surface area contributed by atoms with Crippen molar-refractivity contribution in [2.45, 2.75) is 0 Å². The van der Waals surface area contributed by atoms with Crippen LogP contribution in [0.25, 0.3) is 0 Å². The first-order valence-corrected chi connectivity index (χ1v) is 4.00. The molecule has 1 radical (unpaired) electrons. The van der Waals surface area contributed by atoms with Crippen LogP contribution in [0.3, 0.4) is 0 Å². The molecule has 2 aliphatic rings. The number of rotatable bonds is 2. The Morgan fingerprint density at radius 1 is 0.667 bits per heavy atom. The second kappa shape index (κ2) is 4.54. The molecule has 0 amide bonds. The fraction of sp³-hybridized carbons (Fsp3) is 0.182. The number of allylic oxidation sites excluding steroid dienone is 8. The standard InChI is InChI=1S/C11H11.V/c1-2-6-10(5-1)9-11-7-3-4-8-11;/h1-11H;/q-1;. The van der Waals surface area contributed by atoms with Crippen LogP contribution in [-0.4, -0.2) is 0 Å². The van der Waals surface area contributed by atoms with Gasteiger partial charge in [0.05, 0.1) is 0 Å². The zero-order valence-corrected chi connectivity index (χ0v) is 8.19. The van der Waals surface area contributed by atoms with Gasteiger partial charge in [-0.15, -0.1) is 36.1 Å². The maximum atomic E-state index is 2.33. The van der Waals surface area contributed by atoms with E-state index in [2.05, 4.69) is 55.0 Å². The molecule has 0 aromatic carbocycles. The first-order chi connectivity index (χ1) is 5.45. The fourth-order valence-electron chi connectivity index (χ4n) is 1.41. The first kappa shape index (κ1) is 9.63. The molecular formula is C11H11V-. The monoisotopic (exact) mass is 194 g/mol. The molecular weight excluding hydrogens is 183 g/mol. The average molecular weight is 194 g/mol. The van der Waals surface area contributed by atoms with Crippen molar-refractivity contribution in [3.05, 3.63) is 55.0 Å². The van der Waals surface area contributed by atoms with Crippen LogP contribution >= 0.6 is 0 Å². The number of hydrogen-bond donors (Lipinski definition) is 0. The Labute approximate surface area is 85.6 Å². The third kappa shape index (κ3) is 2.26. The summed E-state index contributed by atoms with van der Waals surface area (Å²) in [4.78, 5) is 0. The Morgan fingerprint density at radius 3 is 1.33 bits per heavy atom. The van der Waals surface area contributed by atoms with Crippen molar-refractivity contribution in [3.8, 4) is 0 Å². The minimum absolute atomic E-state index is 0. The summed E-state index contributed by atoms with van der Waals surface area (Å²) < 4.78 is 0. The topological polar surface area (TPSA) is 0 Å². The molecule has 0 saturated carbocycles. The maximum Gasteiger partial charge on any atom is 0 e. The summed E-state index contributed by atoms with van der Waals surface area (Å²) in [6, 6.07) is 0. The summed E-state index contributed by atoms with van der Waals surface area (Å²) in [6.45, 7) is 0. The molecule has 0 atom stereocenters. The Morgan fingerprint density at radius 2 is 1.00 bits per heavy atom. The molecule has 0 spiro atoms. The van der Waals surface area contributed by atoms with E-state index in [9.17, 15) is 0 Å². The second-order valence-corrected chi connectivity index (χ2v) is 2.89. The zero-order chi connectivity index (χ0) is 7.52. The Kier molecular flexibility index (Phi) is 3.64. The van der Waals surface area contributed by atoms with E-state index in [4.69, 9.17) is 0 Å². The van der Waals surface area contributed by atoms with E-state index in [-0.39, 0.29) is 18.6 Å². The van der Waals surface area contributed by atoms with Crippen LogP contribution in [0.1, 0.15) is 0 Å². The third-order valence-corrected chi connectivity index (χ3v) is 2.00. The quantitative estimate of drug-likeness (QED) is 0.593. The summed E-state index contributed by atoms with van der Waals surface area (Å²) in [7, 11) is 0. The van der Waals surface area contributed by atoms with Crippen LogP contribution in [0.2, 0.25) is 0 Å². The zero-order valence-electron chi connectivity index (χ0n) is 6.80. The first-order valence-electron chi connectivity index (χ1n) is 4.00. The molecule has 2 aliphatic carbocycles. The van der Waals surface area contributed by atoms with Gasteiger partial charge in [-0.2, -0.15) is 0 Å². The minimum Gasteiger partial charge on any atom is -0.308 e. The Bertz CT molecular complexity index is 196. The SMILES string of the molecule is C1=CC([CH-]C2C=CC=C2)C=C1.[V]. The molecule has 2 rings (SSSR count). The molecule has 1 heteroatoms. The van der Waals surface area contributed by atoms with Crippen molar-refractivity contribution < 1.29 is 18.6 Å². The fourth-order valence-corrected chi connectivity index (χ4v) is 1.41. The van der Waals surface area contributed by atoms with Gasteiger partial charge >= 0.3 is 0 Å². The van der Waals surface area contributed by atoms with E-state index in [0.29, 0.717) is 11.8 Å². The summed E-state index contributed by atoms with van der Waals surface area (Å²) in [6.07, 6.45) is 19.6. The summed E-state index contributed by atoms with van der Waals surface area (Å²) in [5.74, 6) is 1.10. The van der Waals surface area contributed by atoms with Crippen molar-refractivity contribution >= 4 is 0 Å². The predicted octanol–water partition coefficient (Wildman–Crippen LogP) is 2.67. The molecule has 0 aromatic rings. The molecule has 0 unspecified atom stereocenters. The second-order valence-electron chi connectivity index (χ2n) is 2.89. The molecule has 0 aromatic heterocycles. The molecule has 0 aliphatic heterocycles. The van der Waals surface area contributed by atoms with Gasteiger partial charge in [0.15, 0.2) is 0 Å². The minimum atomic E-state index is 0.